The Bertz CT molecular complexity index is 502. The van der Waals surface area contributed by atoms with Crippen molar-refractivity contribution in [1.82, 2.24) is 0 Å². The molecule has 1 heterocycles. The van der Waals surface area contributed by atoms with Crippen LogP contribution in [0.2, 0.25) is 0 Å². The van der Waals surface area contributed by atoms with Gasteiger partial charge in [0.15, 0.2) is 0 Å². The van der Waals surface area contributed by atoms with Crippen molar-refractivity contribution in [2.75, 3.05) is 0 Å². The summed E-state index contributed by atoms with van der Waals surface area (Å²) < 4.78 is 5.20. The number of carbonyl (C=O) groups is 1. The summed E-state index contributed by atoms with van der Waals surface area (Å²) in [5.41, 5.74) is 1.64. The first-order chi connectivity index (χ1) is 8.36. The van der Waals surface area contributed by atoms with E-state index in [-0.39, 0.29) is 23.2 Å². The minimum absolute atomic E-state index is 0.190. The first kappa shape index (κ1) is 11.7. The fourth-order valence-electron chi connectivity index (χ4n) is 3.54. The van der Waals surface area contributed by atoms with Gasteiger partial charge in [-0.1, -0.05) is 37.3 Å². The predicted octanol–water partition coefficient (Wildman–Crippen LogP) is 2.34. The smallest absolute Gasteiger partial charge is 0.315 e. The fourth-order valence-corrected chi connectivity index (χ4v) is 3.54. The standard InChI is InChI=1S/C15H18O3/c1-9-5-4-6-14(3)8-15(17)12(7-11(9)14)10(2)13(16)18-15/h4,6-7,10-11,17H,1,5,8H2,2-3H3/t10?,11-,14+,15-/m0/s1. The van der Waals surface area contributed by atoms with E-state index in [1.165, 1.54) is 0 Å². The summed E-state index contributed by atoms with van der Waals surface area (Å²) in [7, 11) is 0. The first-order valence-electron chi connectivity index (χ1n) is 6.38. The largest absolute Gasteiger partial charge is 0.429 e. The number of allylic oxidation sites excluding steroid dienone is 4. The zero-order valence-corrected chi connectivity index (χ0v) is 10.8. The Hall–Kier alpha value is -1.35. The molecule has 0 radical (unpaired) electrons. The Morgan fingerprint density at radius 1 is 1.56 bits per heavy atom. The van der Waals surface area contributed by atoms with E-state index in [9.17, 15) is 9.90 Å². The molecule has 1 fully saturated rings. The zero-order chi connectivity index (χ0) is 13.1. The quantitative estimate of drug-likeness (QED) is 0.527. The lowest BCUT2D eigenvalue weighted by Crippen LogP contribution is -2.44. The number of rotatable bonds is 0. The molecular weight excluding hydrogens is 228 g/mol. The maximum absolute atomic E-state index is 11.7. The third-order valence-corrected chi connectivity index (χ3v) is 4.54. The van der Waals surface area contributed by atoms with Crippen LogP contribution in [0.4, 0.5) is 0 Å². The normalized spacial score (nSPS) is 46.3. The average molecular weight is 246 g/mol. The van der Waals surface area contributed by atoms with Crippen molar-refractivity contribution in [2.45, 2.75) is 32.5 Å². The fraction of sp³-hybridized carbons (Fsp3) is 0.533. The van der Waals surface area contributed by atoms with E-state index in [1.807, 2.05) is 6.08 Å². The van der Waals surface area contributed by atoms with Gasteiger partial charge < -0.3 is 9.84 Å². The highest BCUT2D eigenvalue weighted by molar-refractivity contribution is 5.80. The second-order valence-corrected chi connectivity index (χ2v) is 5.97. The van der Waals surface area contributed by atoms with Crippen LogP contribution in [-0.4, -0.2) is 16.9 Å². The number of hydrogen-bond acceptors (Lipinski definition) is 3. The molecule has 2 aliphatic carbocycles. The monoisotopic (exact) mass is 246 g/mol. The molecule has 3 heteroatoms. The van der Waals surface area contributed by atoms with Crippen LogP contribution < -0.4 is 0 Å². The van der Waals surface area contributed by atoms with E-state index in [4.69, 9.17) is 4.74 Å². The van der Waals surface area contributed by atoms with E-state index in [0.717, 1.165) is 12.0 Å². The SMILES string of the molecule is C=C1CC=C[C@]2(C)C[C@]3(O)OC(=O)C(C)C3=C[C@@H]12. The van der Waals surface area contributed by atoms with Gasteiger partial charge in [-0.15, -0.1) is 0 Å². The first-order valence-corrected chi connectivity index (χ1v) is 6.38. The molecule has 1 N–H and O–H groups in total. The summed E-state index contributed by atoms with van der Waals surface area (Å²) >= 11 is 0. The second-order valence-electron chi connectivity index (χ2n) is 5.97. The van der Waals surface area contributed by atoms with Gasteiger partial charge in [0, 0.05) is 23.3 Å². The molecule has 1 unspecified atom stereocenters. The molecule has 0 saturated carbocycles. The summed E-state index contributed by atoms with van der Waals surface area (Å²) in [6, 6.07) is 0. The topological polar surface area (TPSA) is 46.5 Å². The maximum atomic E-state index is 11.7. The Kier molecular flexibility index (Phi) is 2.18. The van der Waals surface area contributed by atoms with Crippen LogP contribution in [0.15, 0.2) is 36.0 Å². The maximum Gasteiger partial charge on any atom is 0.315 e. The summed E-state index contributed by atoms with van der Waals surface area (Å²) in [6.07, 6.45) is 7.49. The van der Waals surface area contributed by atoms with Crippen molar-refractivity contribution in [2.24, 2.45) is 17.3 Å². The van der Waals surface area contributed by atoms with Crippen molar-refractivity contribution in [3.05, 3.63) is 36.0 Å². The van der Waals surface area contributed by atoms with Gasteiger partial charge in [0.25, 0.3) is 0 Å². The van der Waals surface area contributed by atoms with Crippen molar-refractivity contribution in [1.29, 1.82) is 0 Å². The molecule has 0 aromatic heterocycles. The molecule has 96 valence electrons. The van der Waals surface area contributed by atoms with Crippen LogP contribution in [0.3, 0.4) is 0 Å². The van der Waals surface area contributed by atoms with E-state index in [0.29, 0.717) is 12.0 Å². The van der Waals surface area contributed by atoms with E-state index in [2.05, 4.69) is 25.7 Å². The number of hydrogen-bond donors (Lipinski definition) is 1. The van der Waals surface area contributed by atoms with Crippen LogP contribution in [-0.2, 0) is 9.53 Å². The number of ether oxygens (including phenoxy) is 1. The molecule has 0 aromatic carbocycles. The Labute approximate surface area is 107 Å². The minimum atomic E-state index is -1.41. The molecule has 1 saturated heterocycles. The van der Waals surface area contributed by atoms with E-state index < -0.39 is 5.79 Å². The zero-order valence-electron chi connectivity index (χ0n) is 10.8. The van der Waals surface area contributed by atoms with Gasteiger partial charge >= 0.3 is 5.97 Å². The van der Waals surface area contributed by atoms with Crippen LogP contribution in [0.25, 0.3) is 0 Å². The highest BCUT2D eigenvalue weighted by Crippen LogP contribution is 2.54. The number of esters is 1. The van der Waals surface area contributed by atoms with Crippen molar-refractivity contribution < 1.29 is 14.6 Å². The van der Waals surface area contributed by atoms with Crippen LogP contribution >= 0.6 is 0 Å². The van der Waals surface area contributed by atoms with Gasteiger partial charge in [-0.3, -0.25) is 4.79 Å². The molecule has 3 nitrogen and oxygen atoms in total. The van der Waals surface area contributed by atoms with E-state index in [1.54, 1.807) is 6.92 Å². The molecule has 0 bridgehead atoms. The Balaban J connectivity index is 2.12. The van der Waals surface area contributed by atoms with Crippen LogP contribution in [0.5, 0.6) is 0 Å². The molecular formula is C15H18O3. The van der Waals surface area contributed by atoms with Gasteiger partial charge in [-0.2, -0.15) is 0 Å². The highest BCUT2D eigenvalue weighted by atomic mass is 16.7. The Morgan fingerprint density at radius 3 is 3.00 bits per heavy atom. The van der Waals surface area contributed by atoms with Crippen molar-refractivity contribution in [3.8, 4) is 0 Å². The molecule has 3 aliphatic rings. The molecule has 4 atom stereocenters. The van der Waals surface area contributed by atoms with Gasteiger partial charge in [0.1, 0.15) is 0 Å². The molecule has 18 heavy (non-hydrogen) atoms. The highest BCUT2D eigenvalue weighted by Gasteiger charge is 2.56. The third kappa shape index (κ3) is 1.37. The summed E-state index contributed by atoms with van der Waals surface area (Å²) in [5.74, 6) is -1.91. The lowest BCUT2D eigenvalue weighted by Gasteiger charge is -2.45. The predicted molar refractivity (Wildman–Crippen MR) is 67.4 cm³/mol. The van der Waals surface area contributed by atoms with Gasteiger partial charge in [0.2, 0.25) is 5.79 Å². The lowest BCUT2D eigenvalue weighted by molar-refractivity contribution is -0.189. The number of carbonyl (C=O) groups excluding carboxylic acids is 1. The molecule has 0 aromatic rings. The van der Waals surface area contributed by atoms with Gasteiger partial charge in [-0.25, -0.2) is 0 Å². The average Bonchev–Trinajstić information content (AvgIpc) is 2.46. The molecule has 3 rings (SSSR count). The lowest BCUT2D eigenvalue weighted by atomic mass is 9.61. The summed E-state index contributed by atoms with van der Waals surface area (Å²) in [5, 5.41) is 10.6. The van der Waals surface area contributed by atoms with Gasteiger partial charge in [0.05, 0.1) is 5.92 Å². The molecule has 0 spiro atoms. The van der Waals surface area contributed by atoms with Crippen LogP contribution in [0.1, 0.15) is 26.7 Å². The minimum Gasteiger partial charge on any atom is -0.429 e. The van der Waals surface area contributed by atoms with Crippen molar-refractivity contribution >= 4 is 5.97 Å². The molecule has 0 amide bonds. The third-order valence-electron chi connectivity index (χ3n) is 4.54. The number of fused-ring (bicyclic) bond motifs is 2. The van der Waals surface area contributed by atoms with E-state index >= 15 is 0 Å². The summed E-state index contributed by atoms with van der Waals surface area (Å²) in [6.45, 7) is 7.99. The second kappa shape index (κ2) is 3.35. The number of aliphatic hydroxyl groups is 1. The Morgan fingerprint density at radius 2 is 2.28 bits per heavy atom. The molecule has 1 aliphatic heterocycles. The van der Waals surface area contributed by atoms with Crippen molar-refractivity contribution in [3.63, 3.8) is 0 Å². The summed E-state index contributed by atoms with van der Waals surface area (Å²) in [4.78, 5) is 11.7. The van der Waals surface area contributed by atoms with Crippen LogP contribution in [0, 0.1) is 17.3 Å². The van der Waals surface area contributed by atoms with Gasteiger partial charge in [-0.05, 0) is 13.3 Å².